The molecule has 1 N–H and O–H groups in total. The van der Waals surface area contributed by atoms with Crippen molar-refractivity contribution in [3.63, 3.8) is 0 Å². The molecule has 2 atom stereocenters. The SMILES string of the molecule is CC(OC(=O)C1CCC(=O)N1C)c1nc2ncc(Br)cc2[nH]1. The van der Waals surface area contributed by atoms with Crippen molar-refractivity contribution in [2.24, 2.45) is 0 Å². The Morgan fingerprint density at radius 2 is 2.36 bits per heavy atom. The Labute approximate surface area is 135 Å². The number of hydrogen-bond donors (Lipinski definition) is 1. The second kappa shape index (κ2) is 5.68. The summed E-state index contributed by atoms with van der Waals surface area (Å²) >= 11 is 3.34. The molecule has 22 heavy (non-hydrogen) atoms. The van der Waals surface area contributed by atoms with E-state index in [1.165, 1.54) is 4.90 Å². The highest BCUT2D eigenvalue weighted by Gasteiger charge is 2.35. The molecule has 0 aliphatic carbocycles. The lowest BCUT2D eigenvalue weighted by Gasteiger charge is -2.20. The molecule has 0 spiro atoms. The van der Waals surface area contributed by atoms with Gasteiger partial charge in [-0.25, -0.2) is 14.8 Å². The summed E-state index contributed by atoms with van der Waals surface area (Å²) in [5, 5.41) is 0. The summed E-state index contributed by atoms with van der Waals surface area (Å²) in [5.74, 6) is 0.0868. The molecule has 0 bridgehead atoms. The number of fused-ring (bicyclic) bond motifs is 1. The summed E-state index contributed by atoms with van der Waals surface area (Å²) in [4.78, 5) is 36.7. The fourth-order valence-electron chi connectivity index (χ4n) is 2.47. The number of aromatic nitrogens is 3. The molecule has 0 saturated carbocycles. The first-order chi connectivity index (χ1) is 10.5. The number of aromatic amines is 1. The summed E-state index contributed by atoms with van der Waals surface area (Å²) in [7, 11) is 1.62. The number of esters is 1. The number of H-pyrrole nitrogens is 1. The van der Waals surface area contributed by atoms with E-state index in [-0.39, 0.29) is 5.91 Å². The van der Waals surface area contributed by atoms with Crippen molar-refractivity contribution in [3.05, 3.63) is 22.6 Å². The second-order valence-corrected chi connectivity index (χ2v) is 6.20. The molecule has 1 aliphatic heterocycles. The average molecular weight is 367 g/mol. The molecule has 1 amide bonds. The van der Waals surface area contributed by atoms with Crippen LogP contribution in [0.4, 0.5) is 0 Å². The Morgan fingerprint density at radius 3 is 3.05 bits per heavy atom. The van der Waals surface area contributed by atoms with E-state index in [4.69, 9.17) is 4.74 Å². The third kappa shape index (κ3) is 2.70. The van der Waals surface area contributed by atoms with Gasteiger partial charge in [0.1, 0.15) is 11.9 Å². The molecule has 2 unspecified atom stereocenters. The second-order valence-electron chi connectivity index (χ2n) is 5.28. The maximum Gasteiger partial charge on any atom is 0.329 e. The van der Waals surface area contributed by atoms with E-state index in [1.54, 1.807) is 20.2 Å². The van der Waals surface area contributed by atoms with E-state index in [0.717, 1.165) is 9.99 Å². The van der Waals surface area contributed by atoms with Gasteiger partial charge in [-0.2, -0.15) is 0 Å². The van der Waals surface area contributed by atoms with Crippen LogP contribution in [0, 0.1) is 0 Å². The molecule has 1 fully saturated rings. The van der Waals surface area contributed by atoms with Gasteiger partial charge >= 0.3 is 5.97 Å². The maximum atomic E-state index is 12.2. The van der Waals surface area contributed by atoms with Gasteiger partial charge in [0.15, 0.2) is 11.8 Å². The van der Waals surface area contributed by atoms with Gasteiger partial charge in [-0.15, -0.1) is 0 Å². The van der Waals surface area contributed by atoms with E-state index < -0.39 is 18.1 Å². The van der Waals surface area contributed by atoms with Gasteiger partial charge in [-0.05, 0) is 35.3 Å². The molecule has 3 heterocycles. The van der Waals surface area contributed by atoms with Gasteiger partial charge in [0.25, 0.3) is 0 Å². The zero-order chi connectivity index (χ0) is 15.9. The first-order valence-corrected chi connectivity index (χ1v) is 7.72. The van der Waals surface area contributed by atoms with E-state index in [2.05, 4.69) is 30.9 Å². The van der Waals surface area contributed by atoms with Crippen LogP contribution in [0.1, 0.15) is 31.7 Å². The average Bonchev–Trinajstić information content (AvgIpc) is 3.03. The summed E-state index contributed by atoms with van der Waals surface area (Å²) in [6.07, 6.45) is 2.00. The van der Waals surface area contributed by atoms with Crippen LogP contribution in [0.5, 0.6) is 0 Å². The number of nitrogens with one attached hydrogen (secondary N) is 1. The van der Waals surface area contributed by atoms with Gasteiger partial charge in [0.05, 0.1) is 5.52 Å². The predicted octanol–water partition coefficient (Wildman–Crippen LogP) is 1.95. The summed E-state index contributed by atoms with van der Waals surface area (Å²) in [6.45, 7) is 1.74. The van der Waals surface area contributed by atoms with Crippen molar-refractivity contribution >= 4 is 39.0 Å². The van der Waals surface area contributed by atoms with Crippen molar-refractivity contribution in [2.75, 3.05) is 7.05 Å². The normalized spacial score (nSPS) is 19.7. The maximum absolute atomic E-state index is 12.2. The minimum atomic E-state index is -0.537. The molecule has 0 radical (unpaired) electrons. The molecule has 7 nitrogen and oxygen atoms in total. The molecule has 2 aromatic heterocycles. The highest BCUT2D eigenvalue weighted by Crippen LogP contribution is 2.23. The van der Waals surface area contributed by atoms with E-state index in [9.17, 15) is 9.59 Å². The van der Waals surface area contributed by atoms with Crippen molar-refractivity contribution in [1.82, 2.24) is 19.9 Å². The van der Waals surface area contributed by atoms with E-state index in [0.29, 0.717) is 24.3 Å². The smallest absolute Gasteiger partial charge is 0.329 e. The molecule has 2 aromatic rings. The van der Waals surface area contributed by atoms with Crippen molar-refractivity contribution in [1.29, 1.82) is 0 Å². The Balaban J connectivity index is 1.74. The summed E-state index contributed by atoms with van der Waals surface area (Å²) in [5.41, 5.74) is 1.33. The number of ether oxygens (including phenoxy) is 1. The number of rotatable bonds is 3. The highest BCUT2D eigenvalue weighted by molar-refractivity contribution is 9.10. The third-order valence-electron chi connectivity index (χ3n) is 3.77. The standard InChI is InChI=1S/C14H15BrN4O3/c1-7(22-14(21)10-3-4-11(20)19(10)2)12-17-9-5-8(15)6-16-13(9)18-12/h5-7,10H,3-4H2,1-2H3,(H,16,17,18). The van der Waals surface area contributed by atoms with Gasteiger partial charge in [0.2, 0.25) is 5.91 Å². The van der Waals surface area contributed by atoms with E-state index >= 15 is 0 Å². The molecule has 116 valence electrons. The van der Waals surface area contributed by atoms with Crippen molar-refractivity contribution in [3.8, 4) is 0 Å². The third-order valence-corrected chi connectivity index (χ3v) is 4.20. The quantitative estimate of drug-likeness (QED) is 0.838. The molecular formula is C14H15BrN4O3. The van der Waals surface area contributed by atoms with Crippen molar-refractivity contribution < 1.29 is 14.3 Å². The van der Waals surface area contributed by atoms with Crippen LogP contribution < -0.4 is 0 Å². The molecule has 1 aliphatic rings. The minimum Gasteiger partial charge on any atom is -0.453 e. The lowest BCUT2D eigenvalue weighted by Crippen LogP contribution is -2.36. The van der Waals surface area contributed by atoms with Crippen molar-refractivity contribution in [2.45, 2.75) is 31.9 Å². The number of carbonyl (C=O) groups excluding carboxylic acids is 2. The summed E-state index contributed by atoms with van der Waals surface area (Å²) in [6, 6.07) is 1.35. The molecular weight excluding hydrogens is 352 g/mol. The van der Waals surface area contributed by atoms with E-state index in [1.807, 2.05) is 6.07 Å². The fourth-order valence-corrected chi connectivity index (χ4v) is 2.81. The number of nitrogens with zero attached hydrogens (tertiary/aromatic N) is 3. The lowest BCUT2D eigenvalue weighted by molar-refractivity contribution is -0.155. The van der Waals surface area contributed by atoms with Gasteiger partial charge in [-0.1, -0.05) is 0 Å². The van der Waals surface area contributed by atoms with Crippen LogP contribution in [0.3, 0.4) is 0 Å². The summed E-state index contributed by atoms with van der Waals surface area (Å²) < 4.78 is 6.27. The molecule has 8 heteroatoms. The monoisotopic (exact) mass is 366 g/mol. The zero-order valence-electron chi connectivity index (χ0n) is 12.2. The number of amides is 1. The molecule has 0 aromatic carbocycles. The van der Waals surface area contributed by atoms with Crippen LogP contribution in [0.15, 0.2) is 16.7 Å². The first kappa shape index (κ1) is 15.0. The fraction of sp³-hybridized carbons (Fsp3) is 0.429. The van der Waals surface area contributed by atoms with Crippen LogP contribution in [-0.4, -0.2) is 44.8 Å². The van der Waals surface area contributed by atoms with Gasteiger partial charge in [0, 0.05) is 24.1 Å². The van der Waals surface area contributed by atoms with Gasteiger partial charge < -0.3 is 14.6 Å². The Kier molecular flexibility index (Phi) is 3.86. The Hall–Kier alpha value is -1.96. The van der Waals surface area contributed by atoms with Crippen LogP contribution in [0.2, 0.25) is 0 Å². The number of pyridine rings is 1. The minimum absolute atomic E-state index is 0.0348. The largest absolute Gasteiger partial charge is 0.453 e. The number of imidazole rings is 1. The Bertz CT molecular complexity index is 745. The number of likely N-dealkylation sites (tertiary alicyclic amines) is 1. The number of halogens is 1. The predicted molar refractivity (Wildman–Crippen MR) is 81.9 cm³/mol. The number of likely N-dealkylation sites (N-methyl/N-ethyl adjacent to an activating group) is 1. The first-order valence-electron chi connectivity index (χ1n) is 6.93. The number of hydrogen-bond acceptors (Lipinski definition) is 5. The topological polar surface area (TPSA) is 88.2 Å². The van der Waals surface area contributed by atoms with Gasteiger partial charge in [-0.3, -0.25) is 4.79 Å². The lowest BCUT2D eigenvalue weighted by atomic mass is 10.2. The number of carbonyl (C=O) groups is 2. The highest BCUT2D eigenvalue weighted by atomic mass is 79.9. The molecule has 3 rings (SSSR count). The van der Waals surface area contributed by atoms with Crippen LogP contribution in [0.25, 0.3) is 11.2 Å². The zero-order valence-corrected chi connectivity index (χ0v) is 13.8. The Morgan fingerprint density at radius 1 is 1.59 bits per heavy atom. The van der Waals surface area contributed by atoms with Crippen LogP contribution in [-0.2, 0) is 14.3 Å². The van der Waals surface area contributed by atoms with Crippen LogP contribution >= 0.6 is 15.9 Å². The molecule has 1 saturated heterocycles.